The SMILES string of the molecule is CNC.Cc1c(OCC2(CO[Si](c3ccccc3)(c3ccccc3)C(C)(C)C)CC2)ccc2c(CCC3CCN(C(=O)OC(C)(C)C)CC3)noc12. The van der Waals surface area contributed by atoms with Gasteiger partial charge >= 0.3 is 6.09 Å². The third-order valence-electron chi connectivity index (χ3n) is 10.5. The van der Waals surface area contributed by atoms with Crippen LogP contribution in [0.15, 0.2) is 77.3 Å². The Morgan fingerprint density at radius 2 is 1.48 bits per heavy atom. The summed E-state index contributed by atoms with van der Waals surface area (Å²) < 4.78 is 25.3. The Labute approximate surface area is 312 Å². The number of rotatable bonds is 11. The molecule has 1 aliphatic heterocycles. The monoisotopic (exact) mass is 727 g/mol. The third kappa shape index (κ3) is 9.27. The maximum absolute atomic E-state index is 12.5. The van der Waals surface area contributed by atoms with Gasteiger partial charge in [0.25, 0.3) is 8.32 Å². The Hall–Kier alpha value is -3.66. The molecule has 52 heavy (non-hydrogen) atoms. The Morgan fingerprint density at radius 3 is 2.00 bits per heavy atom. The molecule has 1 aliphatic carbocycles. The summed E-state index contributed by atoms with van der Waals surface area (Å²) in [6.07, 6.45) is 5.81. The van der Waals surface area contributed by atoms with Gasteiger partial charge in [-0.3, -0.25) is 0 Å². The molecule has 1 saturated carbocycles. The van der Waals surface area contributed by atoms with E-state index >= 15 is 0 Å². The van der Waals surface area contributed by atoms with E-state index in [1.807, 2.05) is 39.8 Å². The molecule has 9 heteroatoms. The molecule has 282 valence electrons. The lowest BCUT2D eigenvalue weighted by Gasteiger charge is -2.43. The van der Waals surface area contributed by atoms with Crippen LogP contribution in [0.2, 0.25) is 5.04 Å². The number of carbonyl (C=O) groups excluding carboxylic acids is 1. The second kappa shape index (κ2) is 16.6. The number of fused-ring (bicyclic) bond motifs is 1. The number of hydrogen-bond acceptors (Lipinski definition) is 7. The molecule has 3 aromatic carbocycles. The van der Waals surface area contributed by atoms with Gasteiger partial charge in [0, 0.05) is 36.1 Å². The van der Waals surface area contributed by atoms with Gasteiger partial charge in [0.2, 0.25) is 0 Å². The van der Waals surface area contributed by atoms with Crippen LogP contribution in [-0.4, -0.2) is 70.5 Å². The second-order valence-electron chi connectivity index (χ2n) is 16.9. The van der Waals surface area contributed by atoms with Crippen LogP contribution in [0.1, 0.15) is 84.9 Å². The van der Waals surface area contributed by atoms with Crippen molar-refractivity contribution >= 4 is 35.8 Å². The zero-order valence-corrected chi connectivity index (χ0v) is 34.0. The number of hydrogen-bond donors (Lipinski definition) is 1. The fraction of sp³-hybridized carbons (Fsp3) is 0.535. The number of nitrogens with one attached hydrogen (secondary N) is 1. The Balaban J connectivity index is 0.00000168. The highest BCUT2D eigenvalue weighted by molar-refractivity contribution is 6.99. The number of amides is 1. The number of aromatic nitrogens is 1. The lowest BCUT2D eigenvalue weighted by Crippen LogP contribution is -2.67. The van der Waals surface area contributed by atoms with Gasteiger partial charge in [0.05, 0.1) is 12.3 Å². The van der Waals surface area contributed by atoms with E-state index in [0.29, 0.717) is 19.1 Å². The van der Waals surface area contributed by atoms with Crippen molar-refractivity contribution in [3.05, 3.63) is 84.1 Å². The molecular formula is C43H61N3O5Si. The van der Waals surface area contributed by atoms with E-state index in [9.17, 15) is 4.79 Å². The fourth-order valence-corrected chi connectivity index (χ4v) is 12.0. The summed E-state index contributed by atoms with van der Waals surface area (Å²) >= 11 is 0. The van der Waals surface area contributed by atoms with Gasteiger partial charge in [-0.05, 0) is 114 Å². The summed E-state index contributed by atoms with van der Waals surface area (Å²) in [7, 11) is 1.14. The minimum atomic E-state index is -2.61. The van der Waals surface area contributed by atoms with Crippen molar-refractivity contribution in [2.75, 3.05) is 40.4 Å². The van der Waals surface area contributed by atoms with Gasteiger partial charge in [0.15, 0.2) is 5.58 Å². The minimum absolute atomic E-state index is 0.0000898. The van der Waals surface area contributed by atoms with Gasteiger partial charge in [-0.1, -0.05) is 86.6 Å². The van der Waals surface area contributed by atoms with E-state index in [1.165, 1.54) is 10.4 Å². The largest absolute Gasteiger partial charge is 0.493 e. The molecule has 0 spiro atoms. The molecule has 1 saturated heterocycles. The molecule has 0 radical (unpaired) electrons. The smallest absolute Gasteiger partial charge is 0.410 e. The summed E-state index contributed by atoms with van der Waals surface area (Å²) in [4.78, 5) is 14.3. The highest BCUT2D eigenvalue weighted by Crippen LogP contribution is 2.48. The van der Waals surface area contributed by atoms with Crippen LogP contribution in [0.4, 0.5) is 4.79 Å². The molecule has 1 amide bonds. The van der Waals surface area contributed by atoms with Crippen molar-refractivity contribution in [3.8, 4) is 5.75 Å². The quantitative estimate of drug-likeness (QED) is 0.156. The predicted molar refractivity (Wildman–Crippen MR) is 213 cm³/mol. The number of ether oxygens (including phenoxy) is 2. The second-order valence-corrected chi connectivity index (χ2v) is 21.2. The van der Waals surface area contributed by atoms with Crippen LogP contribution < -0.4 is 20.4 Å². The van der Waals surface area contributed by atoms with E-state index < -0.39 is 13.9 Å². The van der Waals surface area contributed by atoms with Gasteiger partial charge in [-0.2, -0.15) is 0 Å². The Bertz CT molecular complexity index is 1690. The van der Waals surface area contributed by atoms with Crippen LogP contribution in [0.5, 0.6) is 5.75 Å². The molecule has 0 atom stereocenters. The van der Waals surface area contributed by atoms with Crippen LogP contribution in [0.3, 0.4) is 0 Å². The van der Waals surface area contributed by atoms with Gasteiger partial charge in [-0.15, -0.1) is 0 Å². The average Bonchev–Trinajstić information content (AvgIpc) is 3.76. The lowest BCUT2D eigenvalue weighted by atomic mass is 9.91. The van der Waals surface area contributed by atoms with Crippen LogP contribution in [0, 0.1) is 18.3 Å². The highest BCUT2D eigenvalue weighted by atomic mass is 28.4. The molecule has 2 aliphatic rings. The molecule has 0 unspecified atom stereocenters. The van der Waals surface area contributed by atoms with E-state index in [2.05, 4.69) is 111 Å². The van der Waals surface area contributed by atoms with E-state index in [1.54, 1.807) is 0 Å². The number of likely N-dealkylation sites (tertiary alicyclic amines) is 1. The number of piperidine rings is 1. The number of nitrogens with zero attached hydrogens (tertiary/aromatic N) is 2. The standard InChI is InChI=1S/C41H54N2O5Si.C2H7N/c1-30-36(21-19-34-35(42-48-37(30)34)20-18-31-22-26-43(27-23-31)38(44)47-39(2,3)4)45-28-41(24-25-41)29-46-49(40(5,6)7,32-14-10-8-11-15-32)33-16-12-9-13-17-33;1-3-2/h8-17,19,21,31H,18,20,22-29H2,1-7H3;3H,1-2H3. The van der Waals surface area contributed by atoms with Crippen LogP contribution in [-0.2, 0) is 15.6 Å². The maximum atomic E-state index is 12.5. The zero-order chi connectivity index (χ0) is 37.6. The molecule has 2 fully saturated rings. The van der Waals surface area contributed by atoms with Crippen molar-refractivity contribution in [2.24, 2.45) is 11.3 Å². The van der Waals surface area contributed by atoms with Crippen molar-refractivity contribution in [1.82, 2.24) is 15.4 Å². The highest BCUT2D eigenvalue weighted by Gasteiger charge is 2.53. The number of carbonyl (C=O) groups is 1. The molecule has 8 nitrogen and oxygen atoms in total. The minimum Gasteiger partial charge on any atom is -0.493 e. The first kappa shape index (κ1) is 39.5. The first-order chi connectivity index (χ1) is 24.7. The van der Waals surface area contributed by atoms with Gasteiger partial charge in [-0.25, -0.2) is 4.79 Å². The summed E-state index contributed by atoms with van der Waals surface area (Å²) in [5.41, 5.74) is 2.33. The third-order valence-corrected chi connectivity index (χ3v) is 15.5. The summed E-state index contributed by atoms with van der Waals surface area (Å²) in [6, 6.07) is 25.9. The van der Waals surface area contributed by atoms with Crippen molar-refractivity contribution in [2.45, 2.75) is 97.6 Å². The molecule has 1 aromatic heterocycles. The van der Waals surface area contributed by atoms with E-state index in [4.69, 9.17) is 18.4 Å². The first-order valence-corrected chi connectivity index (χ1v) is 20.9. The van der Waals surface area contributed by atoms with Gasteiger partial charge in [0.1, 0.15) is 11.4 Å². The van der Waals surface area contributed by atoms with Crippen LogP contribution >= 0.6 is 0 Å². The van der Waals surface area contributed by atoms with E-state index in [0.717, 1.165) is 79.6 Å². The lowest BCUT2D eigenvalue weighted by molar-refractivity contribution is 0.0181. The number of benzene rings is 3. The predicted octanol–water partition coefficient (Wildman–Crippen LogP) is 8.29. The van der Waals surface area contributed by atoms with Crippen LogP contribution in [0.25, 0.3) is 11.0 Å². The number of aryl methyl sites for hydroxylation is 2. The summed E-state index contributed by atoms with van der Waals surface area (Å²) in [5.74, 6) is 1.40. The molecule has 0 bridgehead atoms. The first-order valence-electron chi connectivity index (χ1n) is 19.0. The summed E-state index contributed by atoms with van der Waals surface area (Å²) in [5, 5.41) is 10.9. The summed E-state index contributed by atoms with van der Waals surface area (Å²) in [6.45, 7) is 17.5. The van der Waals surface area contributed by atoms with Crippen molar-refractivity contribution < 1.29 is 23.2 Å². The van der Waals surface area contributed by atoms with Crippen molar-refractivity contribution in [3.63, 3.8) is 0 Å². The topological polar surface area (TPSA) is 86.1 Å². The molecular weight excluding hydrogens is 667 g/mol. The molecule has 4 aromatic rings. The van der Waals surface area contributed by atoms with Gasteiger partial charge < -0.3 is 28.6 Å². The Kier molecular flexibility index (Phi) is 12.6. The Morgan fingerprint density at radius 1 is 0.904 bits per heavy atom. The fourth-order valence-electron chi connectivity index (χ4n) is 7.34. The van der Waals surface area contributed by atoms with E-state index in [-0.39, 0.29) is 16.5 Å². The average molecular weight is 728 g/mol. The molecule has 2 heterocycles. The molecule has 6 rings (SSSR count). The maximum Gasteiger partial charge on any atom is 0.410 e. The zero-order valence-electron chi connectivity index (χ0n) is 33.0. The van der Waals surface area contributed by atoms with Crippen molar-refractivity contribution in [1.29, 1.82) is 0 Å². The molecule has 1 N–H and O–H groups in total. The normalized spacial score (nSPS) is 16.3.